The Morgan fingerprint density at radius 3 is 2.54 bits per heavy atom. The highest BCUT2D eigenvalue weighted by Crippen LogP contribution is 2.32. The molecule has 0 aliphatic carbocycles. The Morgan fingerprint density at radius 1 is 1.08 bits per heavy atom. The van der Waals surface area contributed by atoms with Gasteiger partial charge in [0.05, 0.1) is 0 Å². The molecular formula is C21H24F2N2O. The molecule has 2 aromatic carbocycles. The van der Waals surface area contributed by atoms with Crippen LogP contribution >= 0.6 is 0 Å². The van der Waals surface area contributed by atoms with Crippen LogP contribution in [-0.2, 0) is 11.2 Å². The van der Waals surface area contributed by atoms with E-state index in [1.54, 1.807) is 6.07 Å². The maximum absolute atomic E-state index is 13.2. The molecule has 1 aliphatic rings. The molecule has 2 atom stereocenters. The second-order valence-electron chi connectivity index (χ2n) is 6.91. The van der Waals surface area contributed by atoms with Gasteiger partial charge in [-0.2, -0.15) is 0 Å². The van der Waals surface area contributed by atoms with Gasteiger partial charge in [-0.1, -0.05) is 36.4 Å². The summed E-state index contributed by atoms with van der Waals surface area (Å²) in [7, 11) is 0. The number of benzene rings is 2. The van der Waals surface area contributed by atoms with Gasteiger partial charge in [-0.3, -0.25) is 4.79 Å². The van der Waals surface area contributed by atoms with Crippen molar-refractivity contribution in [1.29, 1.82) is 0 Å². The Morgan fingerprint density at radius 2 is 1.85 bits per heavy atom. The smallest absolute Gasteiger partial charge is 0.222 e. The molecule has 0 aromatic heterocycles. The predicted octanol–water partition coefficient (Wildman–Crippen LogP) is 3.49. The van der Waals surface area contributed by atoms with Crippen molar-refractivity contribution >= 4 is 5.91 Å². The summed E-state index contributed by atoms with van der Waals surface area (Å²) in [6.07, 6.45) is 1.57. The summed E-state index contributed by atoms with van der Waals surface area (Å²) in [6.45, 7) is 1.92. The van der Waals surface area contributed by atoms with Gasteiger partial charge < -0.3 is 10.6 Å². The third-order valence-corrected chi connectivity index (χ3v) is 5.16. The number of hydrogen-bond acceptors (Lipinski definition) is 2. The highest BCUT2D eigenvalue weighted by Gasteiger charge is 2.34. The van der Waals surface area contributed by atoms with Gasteiger partial charge in [-0.25, -0.2) is 8.78 Å². The number of likely N-dealkylation sites (tertiary alicyclic amines) is 1. The van der Waals surface area contributed by atoms with Gasteiger partial charge in [0.15, 0.2) is 11.6 Å². The van der Waals surface area contributed by atoms with Crippen LogP contribution in [0.1, 0.15) is 29.9 Å². The summed E-state index contributed by atoms with van der Waals surface area (Å²) in [4.78, 5) is 14.4. The van der Waals surface area contributed by atoms with Crippen LogP contribution in [0.5, 0.6) is 0 Å². The van der Waals surface area contributed by atoms with E-state index < -0.39 is 11.6 Å². The summed E-state index contributed by atoms with van der Waals surface area (Å²) in [5.74, 6) is -1.04. The number of halogens is 2. The van der Waals surface area contributed by atoms with Crippen molar-refractivity contribution in [3.05, 3.63) is 71.3 Å². The average Bonchev–Trinajstić information content (AvgIpc) is 3.10. The molecule has 1 aliphatic heterocycles. The highest BCUT2D eigenvalue weighted by molar-refractivity contribution is 5.76. The number of carbonyl (C=O) groups is 1. The fourth-order valence-corrected chi connectivity index (χ4v) is 3.69. The molecule has 0 unspecified atom stereocenters. The summed E-state index contributed by atoms with van der Waals surface area (Å²) in [5, 5.41) is 0. The topological polar surface area (TPSA) is 46.3 Å². The molecule has 138 valence electrons. The van der Waals surface area contributed by atoms with Crippen molar-refractivity contribution in [2.24, 2.45) is 11.7 Å². The third-order valence-electron chi connectivity index (χ3n) is 5.16. The zero-order valence-electron chi connectivity index (χ0n) is 14.7. The van der Waals surface area contributed by atoms with Gasteiger partial charge in [0.2, 0.25) is 5.91 Å². The molecule has 1 amide bonds. The van der Waals surface area contributed by atoms with Gasteiger partial charge in [0, 0.05) is 25.4 Å². The number of nitrogens with two attached hydrogens (primary N) is 1. The number of aryl methyl sites for hydroxylation is 1. The zero-order valence-corrected chi connectivity index (χ0v) is 14.7. The van der Waals surface area contributed by atoms with E-state index in [1.165, 1.54) is 11.6 Å². The van der Waals surface area contributed by atoms with E-state index >= 15 is 0 Å². The van der Waals surface area contributed by atoms with Crippen LogP contribution in [-0.4, -0.2) is 30.4 Å². The SMILES string of the molecule is NC[C@@H]1CN(C(=O)CCCc2ccc(F)c(F)c2)C[C@H]1c1ccccc1. The fraction of sp³-hybridized carbons (Fsp3) is 0.381. The minimum atomic E-state index is -0.846. The van der Waals surface area contributed by atoms with Crippen LogP contribution < -0.4 is 5.73 Å². The summed E-state index contributed by atoms with van der Waals surface area (Å²) >= 11 is 0. The minimum absolute atomic E-state index is 0.101. The lowest BCUT2D eigenvalue weighted by Crippen LogP contribution is -2.29. The van der Waals surface area contributed by atoms with Crippen LogP contribution in [0.15, 0.2) is 48.5 Å². The molecule has 2 aromatic rings. The van der Waals surface area contributed by atoms with Gasteiger partial charge in [0.25, 0.3) is 0 Å². The molecule has 3 rings (SSSR count). The normalized spacial score (nSPS) is 19.7. The Labute approximate surface area is 152 Å². The van der Waals surface area contributed by atoms with E-state index in [-0.39, 0.29) is 17.7 Å². The van der Waals surface area contributed by atoms with Gasteiger partial charge in [0.1, 0.15) is 0 Å². The largest absolute Gasteiger partial charge is 0.342 e. The number of amides is 1. The van der Waals surface area contributed by atoms with Crippen LogP contribution in [0.3, 0.4) is 0 Å². The number of rotatable bonds is 6. The van der Waals surface area contributed by atoms with Crippen molar-refractivity contribution in [3.8, 4) is 0 Å². The van der Waals surface area contributed by atoms with E-state index in [9.17, 15) is 13.6 Å². The van der Waals surface area contributed by atoms with Crippen molar-refractivity contribution in [2.45, 2.75) is 25.2 Å². The highest BCUT2D eigenvalue weighted by atomic mass is 19.2. The first kappa shape index (κ1) is 18.5. The number of nitrogens with zero attached hydrogens (tertiary/aromatic N) is 1. The van der Waals surface area contributed by atoms with Crippen molar-refractivity contribution in [3.63, 3.8) is 0 Å². The van der Waals surface area contributed by atoms with E-state index in [0.717, 1.165) is 6.07 Å². The molecular weight excluding hydrogens is 334 g/mol. The minimum Gasteiger partial charge on any atom is -0.342 e. The Bertz CT molecular complexity index is 751. The van der Waals surface area contributed by atoms with Crippen LogP contribution in [0.4, 0.5) is 8.78 Å². The second-order valence-corrected chi connectivity index (χ2v) is 6.91. The molecule has 0 spiro atoms. The molecule has 1 fully saturated rings. The monoisotopic (exact) mass is 358 g/mol. The zero-order chi connectivity index (χ0) is 18.5. The Kier molecular flexibility index (Phi) is 5.99. The van der Waals surface area contributed by atoms with Gasteiger partial charge in [-0.05, 0) is 48.6 Å². The van der Waals surface area contributed by atoms with Crippen molar-refractivity contribution in [1.82, 2.24) is 4.90 Å². The molecule has 5 heteroatoms. The third kappa shape index (κ3) is 4.28. The lowest BCUT2D eigenvalue weighted by atomic mass is 9.89. The van der Waals surface area contributed by atoms with E-state index in [2.05, 4.69) is 12.1 Å². The average molecular weight is 358 g/mol. The molecule has 1 saturated heterocycles. The van der Waals surface area contributed by atoms with Gasteiger partial charge in [-0.15, -0.1) is 0 Å². The predicted molar refractivity (Wildman–Crippen MR) is 97.6 cm³/mol. The Balaban J connectivity index is 1.54. The maximum atomic E-state index is 13.2. The molecule has 0 saturated carbocycles. The first-order valence-corrected chi connectivity index (χ1v) is 9.05. The molecule has 2 N–H and O–H groups in total. The quantitative estimate of drug-likeness (QED) is 0.859. The first-order chi connectivity index (χ1) is 12.6. The summed E-state index contributed by atoms with van der Waals surface area (Å²) in [5.41, 5.74) is 7.85. The van der Waals surface area contributed by atoms with Crippen LogP contribution in [0.2, 0.25) is 0 Å². The lowest BCUT2D eigenvalue weighted by Gasteiger charge is -2.17. The van der Waals surface area contributed by atoms with Gasteiger partial charge >= 0.3 is 0 Å². The van der Waals surface area contributed by atoms with Crippen LogP contribution in [0, 0.1) is 17.6 Å². The van der Waals surface area contributed by atoms with E-state index in [1.807, 2.05) is 23.1 Å². The van der Waals surface area contributed by atoms with Crippen molar-refractivity contribution < 1.29 is 13.6 Å². The van der Waals surface area contributed by atoms with Crippen molar-refractivity contribution in [2.75, 3.05) is 19.6 Å². The molecule has 0 radical (unpaired) electrons. The molecule has 0 bridgehead atoms. The van der Waals surface area contributed by atoms with E-state index in [4.69, 9.17) is 5.73 Å². The second kappa shape index (κ2) is 8.41. The first-order valence-electron chi connectivity index (χ1n) is 9.05. The van der Waals surface area contributed by atoms with E-state index in [0.29, 0.717) is 44.5 Å². The lowest BCUT2D eigenvalue weighted by molar-refractivity contribution is -0.130. The van der Waals surface area contributed by atoms with Crippen LogP contribution in [0.25, 0.3) is 0 Å². The Hall–Kier alpha value is -2.27. The number of hydrogen-bond donors (Lipinski definition) is 1. The summed E-state index contributed by atoms with van der Waals surface area (Å²) < 4.78 is 26.2. The maximum Gasteiger partial charge on any atom is 0.222 e. The standard InChI is InChI=1S/C21H24F2N2O/c22-19-10-9-15(11-20(19)23)5-4-8-21(26)25-13-17(12-24)18(14-25)16-6-2-1-3-7-16/h1-3,6-7,9-11,17-18H,4-5,8,12-14,24H2/t17-,18+/m1/s1. The fourth-order valence-electron chi connectivity index (χ4n) is 3.69. The number of carbonyl (C=O) groups excluding carboxylic acids is 1. The molecule has 26 heavy (non-hydrogen) atoms. The summed E-state index contributed by atoms with van der Waals surface area (Å²) in [6, 6.07) is 14.1. The molecule has 1 heterocycles. The molecule has 3 nitrogen and oxygen atoms in total.